The molecule has 1 unspecified atom stereocenters. The zero-order chi connectivity index (χ0) is 22.7. The number of fused-ring (bicyclic) bond motifs is 1. The van der Waals surface area contributed by atoms with E-state index >= 15 is 0 Å². The third kappa shape index (κ3) is 4.73. The smallest absolute Gasteiger partial charge is 0.244 e. The number of sulfonamides is 1. The monoisotopic (exact) mass is 456 g/mol. The zero-order valence-corrected chi connectivity index (χ0v) is 18.5. The lowest BCUT2D eigenvalue weighted by atomic mass is 9.92. The number of hydrogen-bond acceptors (Lipinski definition) is 4. The standard InChI is InChI=1S/C23H25FN4O3S/c1-16(27-32(30,31)22-13-6-5-10-19(22)24)23(29)26-20-11-7-12-21-18(20)14-25-28(21)15-17-8-3-2-4-9-17/h2-6,8-10,13-14,16,20,27H,7,11-12,15H2,1H3,(H,26,29)/t16-,20?/m0/s1. The molecule has 9 heteroatoms. The maximum absolute atomic E-state index is 13.9. The molecular weight excluding hydrogens is 431 g/mol. The first kappa shape index (κ1) is 22.2. The zero-order valence-electron chi connectivity index (χ0n) is 17.7. The summed E-state index contributed by atoms with van der Waals surface area (Å²) in [6.07, 6.45) is 4.26. The van der Waals surface area contributed by atoms with Gasteiger partial charge in [-0.05, 0) is 43.9 Å². The van der Waals surface area contributed by atoms with Crippen molar-refractivity contribution in [3.63, 3.8) is 0 Å². The maximum Gasteiger partial charge on any atom is 0.244 e. The minimum absolute atomic E-state index is 0.254. The first-order chi connectivity index (χ1) is 15.3. The number of hydrogen-bond donors (Lipinski definition) is 2. The Morgan fingerprint density at radius 2 is 1.91 bits per heavy atom. The minimum atomic E-state index is -4.17. The van der Waals surface area contributed by atoms with Crippen molar-refractivity contribution in [1.29, 1.82) is 0 Å². The fourth-order valence-electron chi connectivity index (χ4n) is 3.97. The van der Waals surface area contributed by atoms with E-state index < -0.39 is 32.7 Å². The number of carbonyl (C=O) groups excluding carboxylic acids is 1. The average Bonchev–Trinajstić information content (AvgIpc) is 3.18. The van der Waals surface area contributed by atoms with Gasteiger partial charge in [-0.2, -0.15) is 9.82 Å². The Morgan fingerprint density at radius 1 is 1.19 bits per heavy atom. The number of rotatable bonds is 7. The molecule has 168 valence electrons. The molecule has 0 saturated heterocycles. The van der Waals surface area contributed by atoms with Crippen LogP contribution in [0.5, 0.6) is 0 Å². The van der Waals surface area contributed by atoms with Gasteiger partial charge >= 0.3 is 0 Å². The Hall–Kier alpha value is -3.04. The van der Waals surface area contributed by atoms with E-state index in [2.05, 4.69) is 15.1 Å². The van der Waals surface area contributed by atoms with Gasteiger partial charge in [0, 0.05) is 11.3 Å². The van der Waals surface area contributed by atoms with Gasteiger partial charge in [-0.3, -0.25) is 9.48 Å². The lowest BCUT2D eigenvalue weighted by molar-refractivity contribution is -0.123. The van der Waals surface area contributed by atoms with Crippen LogP contribution < -0.4 is 10.0 Å². The van der Waals surface area contributed by atoms with Crippen LogP contribution in [-0.4, -0.2) is 30.1 Å². The molecule has 0 bridgehead atoms. The maximum atomic E-state index is 13.9. The number of benzene rings is 2. The molecule has 2 atom stereocenters. The van der Waals surface area contributed by atoms with Crippen LogP contribution in [-0.2, 0) is 27.8 Å². The summed E-state index contributed by atoms with van der Waals surface area (Å²) < 4.78 is 43.1. The highest BCUT2D eigenvalue weighted by Crippen LogP contribution is 2.30. The SMILES string of the molecule is C[C@H](NS(=O)(=O)c1ccccc1F)C(=O)NC1CCCc2c1cnn2Cc1ccccc1. The van der Waals surface area contributed by atoms with E-state index in [1.54, 1.807) is 6.20 Å². The summed E-state index contributed by atoms with van der Waals surface area (Å²) in [6, 6.07) is 13.8. The van der Waals surface area contributed by atoms with Gasteiger partial charge in [0.1, 0.15) is 10.7 Å². The molecule has 32 heavy (non-hydrogen) atoms. The van der Waals surface area contributed by atoms with Gasteiger partial charge in [-0.25, -0.2) is 12.8 Å². The van der Waals surface area contributed by atoms with Crippen LogP contribution in [0, 0.1) is 5.82 Å². The fraction of sp³-hybridized carbons (Fsp3) is 0.304. The van der Waals surface area contributed by atoms with Crippen LogP contribution in [0.1, 0.15) is 42.6 Å². The highest BCUT2D eigenvalue weighted by atomic mass is 32.2. The third-order valence-corrected chi connectivity index (χ3v) is 7.18. The molecule has 1 aliphatic carbocycles. The summed E-state index contributed by atoms with van der Waals surface area (Å²) in [6.45, 7) is 2.09. The van der Waals surface area contributed by atoms with Gasteiger partial charge in [0.25, 0.3) is 0 Å². The highest BCUT2D eigenvalue weighted by Gasteiger charge is 2.29. The molecule has 0 aliphatic heterocycles. The molecule has 0 saturated carbocycles. The minimum Gasteiger partial charge on any atom is -0.348 e. The first-order valence-corrected chi connectivity index (χ1v) is 12.0. The van der Waals surface area contributed by atoms with Gasteiger partial charge in [0.2, 0.25) is 15.9 Å². The molecule has 1 amide bonds. The summed E-state index contributed by atoms with van der Waals surface area (Å²) in [7, 11) is -4.17. The normalized spacial score (nSPS) is 16.9. The van der Waals surface area contributed by atoms with E-state index in [0.717, 1.165) is 48.2 Å². The third-order valence-electron chi connectivity index (χ3n) is 5.61. The molecule has 7 nitrogen and oxygen atoms in total. The summed E-state index contributed by atoms with van der Waals surface area (Å²) >= 11 is 0. The molecule has 0 fully saturated rings. The molecule has 1 aliphatic rings. The van der Waals surface area contributed by atoms with E-state index in [1.807, 2.05) is 35.0 Å². The predicted molar refractivity (Wildman–Crippen MR) is 118 cm³/mol. The summed E-state index contributed by atoms with van der Waals surface area (Å²) in [5.74, 6) is -1.34. The van der Waals surface area contributed by atoms with Gasteiger partial charge in [0.15, 0.2) is 0 Å². The van der Waals surface area contributed by atoms with Crippen LogP contribution in [0.15, 0.2) is 65.7 Å². The molecule has 1 aromatic heterocycles. The van der Waals surface area contributed by atoms with Crippen molar-refractivity contribution in [2.24, 2.45) is 0 Å². The number of amides is 1. The number of nitrogens with zero attached hydrogens (tertiary/aromatic N) is 2. The van der Waals surface area contributed by atoms with Crippen molar-refractivity contribution in [2.45, 2.75) is 49.7 Å². The van der Waals surface area contributed by atoms with Gasteiger partial charge in [0.05, 0.1) is 24.8 Å². The molecule has 1 heterocycles. The van der Waals surface area contributed by atoms with Crippen LogP contribution in [0.4, 0.5) is 4.39 Å². The largest absolute Gasteiger partial charge is 0.348 e. The van der Waals surface area contributed by atoms with Crippen LogP contribution in [0.25, 0.3) is 0 Å². The Balaban J connectivity index is 1.45. The summed E-state index contributed by atoms with van der Waals surface area (Å²) in [5.41, 5.74) is 3.16. The van der Waals surface area contributed by atoms with Gasteiger partial charge in [-0.15, -0.1) is 0 Å². The van der Waals surface area contributed by atoms with E-state index in [-0.39, 0.29) is 6.04 Å². The Labute approximate surface area is 186 Å². The Morgan fingerprint density at radius 3 is 2.66 bits per heavy atom. The Kier molecular flexibility index (Phi) is 6.38. The topological polar surface area (TPSA) is 93.1 Å². The second kappa shape index (κ2) is 9.22. The quantitative estimate of drug-likeness (QED) is 0.572. The number of aromatic nitrogens is 2. The molecule has 0 radical (unpaired) electrons. The second-order valence-corrected chi connectivity index (χ2v) is 9.60. The summed E-state index contributed by atoms with van der Waals surface area (Å²) in [5, 5.41) is 7.44. The molecule has 2 N–H and O–H groups in total. The highest BCUT2D eigenvalue weighted by molar-refractivity contribution is 7.89. The van der Waals surface area contributed by atoms with Crippen molar-refractivity contribution in [1.82, 2.24) is 19.8 Å². The number of carbonyl (C=O) groups is 1. The Bertz CT molecular complexity index is 1210. The lowest BCUT2D eigenvalue weighted by Crippen LogP contribution is -2.46. The molecule has 3 aromatic rings. The molecule has 0 spiro atoms. The predicted octanol–water partition coefficient (Wildman–Crippen LogP) is 2.93. The van der Waals surface area contributed by atoms with Crippen LogP contribution >= 0.6 is 0 Å². The van der Waals surface area contributed by atoms with Crippen molar-refractivity contribution >= 4 is 15.9 Å². The fourth-order valence-corrected chi connectivity index (χ4v) is 5.25. The van der Waals surface area contributed by atoms with Crippen LogP contribution in [0.2, 0.25) is 0 Å². The summed E-state index contributed by atoms with van der Waals surface area (Å²) in [4.78, 5) is 12.3. The first-order valence-electron chi connectivity index (χ1n) is 10.5. The number of nitrogens with one attached hydrogen (secondary N) is 2. The van der Waals surface area contributed by atoms with E-state index in [9.17, 15) is 17.6 Å². The van der Waals surface area contributed by atoms with Crippen molar-refractivity contribution in [2.75, 3.05) is 0 Å². The second-order valence-electron chi connectivity index (χ2n) is 7.92. The van der Waals surface area contributed by atoms with E-state index in [0.29, 0.717) is 6.54 Å². The van der Waals surface area contributed by atoms with Gasteiger partial charge in [-0.1, -0.05) is 42.5 Å². The van der Waals surface area contributed by atoms with Gasteiger partial charge < -0.3 is 5.32 Å². The molecule has 2 aromatic carbocycles. The molecule has 4 rings (SSSR count). The van der Waals surface area contributed by atoms with E-state index in [1.165, 1.54) is 19.1 Å². The average molecular weight is 457 g/mol. The lowest BCUT2D eigenvalue weighted by Gasteiger charge is -2.26. The molecular formula is C23H25FN4O3S. The van der Waals surface area contributed by atoms with Crippen LogP contribution in [0.3, 0.4) is 0 Å². The van der Waals surface area contributed by atoms with E-state index in [4.69, 9.17) is 0 Å². The number of halogens is 1. The van der Waals surface area contributed by atoms with Crippen molar-refractivity contribution in [3.05, 3.63) is 83.4 Å². The van der Waals surface area contributed by atoms with Crippen molar-refractivity contribution < 1.29 is 17.6 Å². The van der Waals surface area contributed by atoms with Crippen molar-refractivity contribution in [3.8, 4) is 0 Å².